The number of hydrogen-bond donors (Lipinski definition) is 0. The topological polar surface area (TPSA) is 9.23 Å². The number of hydrogen-bond acceptors (Lipinski definition) is 1. The minimum absolute atomic E-state index is 0.331. The zero-order valence-electron chi connectivity index (χ0n) is 10.3. The van der Waals surface area contributed by atoms with E-state index < -0.39 is 0 Å². The van der Waals surface area contributed by atoms with Crippen molar-refractivity contribution in [2.45, 2.75) is 30.5 Å². The molecule has 4 bridgehead atoms. The molecule has 0 unspecified atom stereocenters. The summed E-state index contributed by atoms with van der Waals surface area (Å²) >= 11 is 7.41. The van der Waals surface area contributed by atoms with Gasteiger partial charge in [0, 0.05) is 10.7 Å². The van der Waals surface area contributed by atoms with Crippen LogP contribution in [0.15, 0.2) is 0 Å². The zero-order chi connectivity index (χ0) is 11.9. The zero-order valence-corrected chi connectivity index (χ0v) is 13.5. The third-order valence-corrected chi connectivity index (χ3v) is 8.90. The molecule has 98 valence electrons. The molecule has 7 aliphatic rings. The largest absolute Gasteiger partial charge is 0.367 e. The van der Waals surface area contributed by atoms with Gasteiger partial charge in [0.2, 0.25) is 0 Å². The maximum Gasteiger partial charge on any atom is 0.0767 e. The lowest BCUT2D eigenvalue weighted by Gasteiger charge is -2.47. The Labute approximate surface area is 125 Å². The molecule has 0 N–H and O–H groups in total. The van der Waals surface area contributed by atoms with Gasteiger partial charge < -0.3 is 4.74 Å². The first-order valence-electron chi connectivity index (χ1n) is 7.62. The quantitative estimate of drug-likeness (QED) is 0.686. The van der Waals surface area contributed by atoms with Gasteiger partial charge in [0.25, 0.3) is 0 Å². The third-order valence-electron chi connectivity index (χ3n) is 8.11. The van der Waals surface area contributed by atoms with Crippen LogP contribution >= 0.6 is 31.9 Å². The summed E-state index contributed by atoms with van der Waals surface area (Å²) in [6, 6.07) is 0. The van der Waals surface area contributed by atoms with Gasteiger partial charge in [-0.2, -0.15) is 0 Å². The molecule has 2 saturated heterocycles. The molecule has 3 heteroatoms. The molecule has 0 aromatic heterocycles. The van der Waals surface area contributed by atoms with E-state index in [4.69, 9.17) is 4.74 Å². The summed E-state index contributed by atoms with van der Waals surface area (Å²) in [7, 11) is 0. The van der Waals surface area contributed by atoms with Crippen LogP contribution in [0.2, 0.25) is 0 Å². The maximum absolute atomic E-state index is 6.96. The van der Waals surface area contributed by atoms with Crippen LogP contribution in [-0.4, -0.2) is 21.9 Å². The molecule has 18 heavy (non-hydrogen) atoms. The Hall–Kier alpha value is 0.920. The molecular formula is C15H18Br2O. The van der Waals surface area contributed by atoms with Crippen LogP contribution < -0.4 is 0 Å². The third kappa shape index (κ3) is 0.689. The normalized spacial score (nSPS) is 75.0. The fourth-order valence-corrected chi connectivity index (χ4v) is 9.81. The fourth-order valence-electron chi connectivity index (χ4n) is 8.58. The van der Waals surface area contributed by atoms with E-state index in [1.54, 1.807) is 6.42 Å². The van der Waals surface area contributed by atoms with Crippen molar-refractivity contribution in [3.05, 3.63) is 0 Å². The molecule has 2 aliphatic heterocycles. The van der Waals surface area contributed by atoms with Gasteiger partial charge in [0.1, 0.15) is 0 Å². The smallest absolute Gasteiger partial charge is 0.0767 e. The second-order valence-corrected chi connectivity index (χ2v) is 9.30. The number of halogens is 2. The van der Waals surface area contributed by atoms with Crippen LogP contribution in [0.1, 0.15) is 19.3 Å². The van der Waals surface area contributed by atoms with E-state index in [2.05, 4.69) is 31.9 Å². The second-order valence-electron chi connectivity index (χ2n) is 7.71. The number of rotatable bonds is 4. The van der Waals surface area contributed by atoms with Crippen molar-refractivity contribution in [1.29, 1.82) is 0 Å². The van der Waals surface area contributed by atoms with Crippen molar-refractivity contribution >= 4 is 31.9 Å². The lowest BCUT2D eigenvalue weighted by molar-refractivity contribution is -0.0738. The summed E-state index contributed by atoms with van der Waals surface area (Å²) in [6.45, 7) is 0. The predicted molar refractivity (Wildman–Crippen MR) is 75.9 cm³/mol. The van der Waals surface area contributed by atoms with E-state index in [1.807, 2.05) is 0 Å². The summed E-state index contributed by atoms with van der Waals surface area (Å²) in [5.74, 6) is 8.21. The molecule has 0 amide bonds. The van der Waals surface area contributed by atoms with Crippen LogP contribution in [0, 0.1) is 47.3 Å². The van der Waals surface area contributed by atoms with Gasteiger partial charge in [0.15, 0.2) is 0 Å². The standard InChI is InChI=1S/C15H18Br2O/c16-3-1-14-10-6-5-7-9-8(6)12(14)13(9)15(18-14,2-4-17)11(7)10/h6-13H,1-5H2/t6-,7+,8-,9+,10+,11-,12-,13+,14-,15+. The van der Waals surface area contributed by atoms with Crippen molar-refractivity contribution in [2.24, 2.45) is 47.3 Å². The monoisotopic (exact) mass is 372 g/mol. The van der Waals surface area contributed by atoms with Crippen molar-refractivity contribution in [2.75, 3.05) is 10.7 Å². The summed E-state index contributed by atoms with van der Waals surface area (Å²) in [6.07, 6.45) is 4.15. The van der Waals surface area contributed by atoms with Crippen LogP contribution in [0.5, 0.6) is 0 Å². The predicted octanol–water partition coefficient (Wildman–Crippen LogP) is 3.45. The van der Waals surface area contributed by atoms with Crippen LogP contribution in [-0.2, 0) is 4.74 Å². The summed E-state index contributed by atoms with van der Waals surface area (Å²) in [4.78, 5) is 0. The van der Waals surface area contributed by atoms with Gasteiger partial charge in [-0.05, 0) is 66.6 Å². The minimum atomic E-state index is 0.331. The van der Waals surface area contributed by atoms with Gasteiger partial charge in [-0.15, -0.1) is 0 Å². The van der Waals surface area contributed by atoms with Gasteiger partial charge in [-0.25, -0.2) is 0 Å². The molecule has 0 radical (unpaired) electrons. The van der Waals surface area contributed by atoms with Crippen molar-refractivity contribution < 1.29 is 4.74 Å². The van der Waals surface area contributed by atoms with Crippen molar-refractivity contribution in [3.63, 3.8) is 0 Å². The molecule has 5 saturated carbocycles. The first-order chi connectivity index (χ1) is 8.80. The van der Waals surface area contributed by atoms with E-state index in [0.717, 1.165) is 58.0 Å². The van der Waals surface area contributed by atoms with E-state index in [-0.39, 0.29) is 0 Å². The Bertz CT molecular complexity index is 423. The highest BCUT2D eigenvalue weighted by molar-refractivity contribution is 9.09. The van der Waals surface area contributed by atoms with E-state index in [9.17, 15) is 0 Å². The molecule has 5 aliphatic carbocycles. The molecule has 7 fully saturated rings. The first kappa shape index (κ1) is 10.6. The molecule has 0 aromatic rings. The van der Waals surface area contributed by atoms with E-state index >= 15 is 0 Å². The molecular weight excluding hydrogens is 356 g/mol. The number of ether oxygens (including phenoxy) is 1. The average molecular weight is 374 g/mol. The maximum atomic E-state index is 6.96. The highest BCUT2D eigenvalue weighted by Gasteiger charge is 2.96. The second kappa shape index (κ2) is 2.78. The molecule has 0 aromatic carbocycles. The Kier molecular flexibility index (Phi) is 1.64. The highest BCUT2D eigenvalue weighted by Crippen LogP contribution is 2.93. The highest BCUT2D eigenvalue weighted by atomic mass is 79.9. The Morgan fingerprint density at radius 3 is 1.78 bits per heavy atom. The minimum Gasteiger partial charge on any atom is -0.367 e. The van der Waals surface area contributed by atoms with Gasteiger partial charge >= 0.3 is 0 Å². The van der Waals surface area contributed by atoms with Crippen molar-refractivity contribution in [1.82, 2.24) is 0 Å². The summed E-state index contributed by atoms with van der Waals surface area (Å²) in [5.41, 5.74) is 0.663. The van der Waals surface area contributed by atoms with Gasteiger partial charge in [-0.1, -0.05) is 31.9 Å². The molecule has 7 rings (SSSR count). The Morgan fingerprint density at radius 1 is 0.833 bits per heavy atom. The lowest BCUT2D eigenvalue weighted by atomic mass is 9.54. The molecule has 0 spiro atoms. The van der Waals surface area contributed by atoms with E-state index in [1.165, 1.54) is 12.8 Å². The molecule has 2 heterocycles. The van der Waals surface area contributed by atoms with Crippen LogP contribution in [0.25, 0.3) is 0 Å². The molecule has 1 nitrogen and oxygen atoms in total. The van der Waals surface area contributed by atoms with E-state index in [0.29, 0.717) is 11.2 Å². The fraction of sp³-hybridized carbons (Fsp3) is 1.00. The van der Waals surface area contributed by atoms with Gasteiger partial charge in [0.05, 0.1) is 11.2 Å². The lowest BCUT2D eigenvalue weighted by Crippen LogP contribution is -2.51. The first-order valence-corrected chi connectivity index (χ1v) is 9.86. The number of alkyl halides is 2. The Morgan fingerprint density at radius 2 is 1.33 bits per heavy atom. The molecule has 10 atom stereocenters. The Balaban J connectivity index is 1.59. The average Bonchev–Trinajstić information content (AvgIpc) is 2.90. The summed E-state index contributed by atoms with van der Waals surface area (Å²) in [5, 5.41) is 2.28. The van der Waals surface area contributed by atoms with Crippen LogP contribution in [0.4, 0.5) is 0 Å². The van der Waals surface area contributed by atoms with Crippen LogP contribution in [0.3, 0.4) is 0 Å². The SMILES string of the molecule is BrCC[C@]12O[C@@]3(CCBr)[C@@H]4[C@H]5C[C@H]([C@@H]6[C@H]5[C@H]3[C@@H]61)[C@@H]42. The van der Waals surface area contributed by atoms with Gasteiger partial charge in [-0.3, -0.25) is 0 Å². The summed E-state index contributed by atoms with van der Waals surface area (Å²) < 4.78 is 6.96. The van der Waals surface area contributed by atoms with Crippen molar-refractivity contribution in [3.8, 4) is 0 Å².